The minimum absolute atomic E-state index is 0. The fraction of sp³-hybridized carbons (Fsp3) is 0.611. The van der Waals surface area contributed by atoms with Crippen molar-refractivity contribution in [2.45, 2.75) is 19.4 Å². The molecular weight excluding hydrogens is 459 g/mol. The van der Waals surface area contributed by atoms with E-state index < -0.39 is 0 Å². The van der Waals surface area contributed by atoms with Crippen LogP contribution < -0.4 is 10.6 Å². The van der Waals surface area contributed by atoms with E-state index in [9.17, 15) is 4.79 Å². The average molecular weight is 488 g/mol. The van der Waals surface area contributed by atoms with Gasteiger partial charge in [-0.05, 0) is 25.5 Å². The summed E-state index contributed by atoms with van der Waals surface area (Å²) in [6.45, 7) is 8.45. The van der Waals surface area contributed by atoms with Crippen molar-refractivity contribution < 1.29 is 9.53 Å². The van der Waals surface area contributed by atoms with E-state index in [1.54, 1.807) is 18.5 Å². The summed E-state index contributed by atoms with van der Waals surface area (Å²) in [5.74, 6) is 0.668. The fourth-order valence-corrected chi connectivity index (χ4v) is 3.38. The van der Waals surface area contributed by atoms with Crippen LogP contribution in [-0.2, 0) is 9.53 Å². The van der Waals surface area contributed by atoms with Crippen LogP contribution in [0.1, 0.15) is 13.3 Å². The number of nitrogens with zero attached hydrogens (tertiary/aromatic N) is 4. The molecule has 2 saturated heterocycles. The quantitative estimate of drug-likeness (QED) is 0.366. The molecule has 27 heavy (non-hydrogen) atoms. The average Bonchev–Trinajstić information content (AvgIpc) is 3.17. The van der Waals surface area contributed by atoms with Gasteiger partial charge in [0.15, 0.2) is 5.96 Å². The van der Waals surface area contributed by atoms with E-state index in [-0.39, 0.29) is 36.4 Å². The van der Waals surface area contributed by atoms with Crippen molar-refractivity contribution in [2.75, 3.05) is 57.8 Å². The van der Waals surface area contributed by atoms with E-state index in [2.05, 4.69) is 30.4 Å². The van der Waals surface area contributed by atoms with Crippen LogP contribution in [0.5, 0.6) is 0 Å². The molecule has 1 aromatic heterocycles. The van der Waals surface area contributed by atoms with Crippen molar-refractivity contribution in [1.29, 1.82) is 0 Å². The summed E-state index contributed by atoms with van der Waals surface area (Å²) < 4.78 is 5.45. The molecule has 1 unspecified atom stereocenters. The number of morpholine rings is 1. The van der Waals surface area contributed by atoms with Crippen molar-refractivity contribution in [3.05, 3.63) is 24.5 Å². The van der Waals surface area contributed by atoms with E-state index in [0.717, 1.165) is 58.3 Å². The molecule has 2 fully saturated rings. The van der Waals surface area contributed by atoms with Crippen LogP contribution >= 0.6 is 24.0 Å². The second-order valence-corrected chi connectivity index (χ2v) is 6.50. The van der Waals surface area contributed by atoms with Gasteiger partial charge in [0, 0.05) is 45.0 Å². The number of likely N-dealkylation sites (tertiary alicyclic amines) is 1. The van der Waals surface area contributed by atoms with Crippen LogP contribution in [0.2, 0.25) is 0 Å². The van der Waals surface area contributed by atoms with Crippen LogP contribution in [-0.4, -0.2) is 85.2 Å². The maximum Gasteiger partial charge on any atom is 0.246 e. The molecule has 8 nitrogen and oxygen atoms in total. The number of carbonyl (C=O) groups is 1. The van der Waals surface area contributed by atoms with E-state index in [0.29, 0.717) is 11.7 Å². The number of nitrogens with one attached hydrogen (secondary N) is 2. The van der Waals surface area contributed by atoms with Crippen LogP contribution in [0.15, 0.2) is 29.5 Å². The largest absolute Gasteiger partial charge is 0.379 e. The van der Waals surface area contributed by atoms with Gasteiger partial charge in [0.1, 0.15) is 6.54 Å². The smallest absolute Gasteiger partial charge is 0.246 e. The van der Waals surface area contributed by atoms with Crippen molar-refractivity contribution in [3.63, 3.8) is 0 Å². The van der Waals surface area contributed by atoms with Gasteiger partial charge in [-0.15, -0.1) is 24.0 Å². The predicted molar refractivity (Wildman–Crippen MR) is 117 cm³/mol. The van der Waals surface area contributed by atoms with E-state index in [4.69, 9.17) is 4.74 Å². The van der Waals surface area contributed by atoms with Crippen LogP contribution in [0.3, 0.4) is 0 Å². The molecule has 3 rings (SSSR count). The number of halogens is 1. The molecule has 2 N–H and O–H groups in total. The van der Waals surface area contributed by atoms with Gasteiger partial charge in [-0.25, -0.2) is 4.99 Å². The van der Waals surface area contributed by atoms with Gasteiger partial charge in [0.25, 0.3) is 0 Å². The van der Waals surface area contributed by atoms with Crippen LogP contribution in [0.25, 0.3) is 0 Å². The van der Waals surface area contributed by atoms with Crippen LogP contribution in [0.4, 0.5) is 5.69 Å². The van der Waals surface area contributed by atoms with Gasteiger partial charge in [-0.1, -0.05) is 0 Å². The highest BCUT2D eigenvalue weighted by Gasteiger charge is 2.30. The summed E-state index contributed by atoms with van der Waals surface area (Å²) in [5.41, 5.74) is 0.686. The molecule has 0 radical (unpaired) electrons. The Balaban J connectivity index is 0.00000261. The number of amides is 1. The highest BCUT2D eigenvalue weighted by Crippen LogP contribution is 2.17. The summed E-state index contributed by atoms with van der Waals surface area (Å²) in [4.78, 5) is 25.4. The monoisotopic (exact) mass is 488 g/mol. The van der Waals surface area contributed by atoms with Crippen molar-refractivity contribution in [1.82, 2.24) is 20.1 Å². The lowest BCUT2D eigenvalue weighted by Crippen LogP contribution is -2.46. The lowest BCUT2D eigenvalue weighted by atomic mass is 10.2. The normalized spacial score (nSPS) is 20.9. The van der Waals surface area contributed by atoms with Crippen molar-refractivity contribution >= 4 is 41.5 Å². The molecule has 2 aliphatic rings. The van der Waals surface area contributed by atoms with E-state index in [1.807, 2.05) is 13.0 Å². The third kappa shape index (κ3) is 6.58. The molecule has 0 aromatic carbocycles. The lowest BCUT2D eigenvalue weighted by Gasteiger charge is -2.32. The number of guanidine groups is 1. The highest BCUT2D eigenvalue weighted by molar-refractivity contribution is 14.0. The Morgan fingerprint density at radius 1 is 1.37 bits per heavy atom. The molecule has 0 aliphatic carbocycles. The summed E-state index contributed by atoms with van der Waals surface area (Å²) in [6.07, 6.45) is 4.42. The lowest BCUT2D eigenvalue weighted by molar-refractivity contribution is -0.114. The number of ether oxygens (including phenoxy) is 1. The topological polar surface area (TPSA) is 82.1 Å². The SMILES string of the molecule is CCNC(=NCC(=O)Nc1cccnc1)N1CCC(N2CCOCC2)C1.I. The third-order valence-electron chi connectivity index (χ3n) is 4.68. The van der Waals surface area contributed by atoms with E-state index in [1.165, 1.54) is 0 Å². The molecule has 2 aliphatic heterocycles. The first-order chi connectivity index (χ1) is 12.8. The molecule has 0 bridgehead atoms. The molecular formula is C18H29IN6O2. The maximum atomic E-state index is 12.1. The molecule has 9 heteroatoms. The Bertz CT molecular complexity index is 609. The summed E-state index contributed by atoms with van der Waals surface area (Å²) >= 11 is 0. The number of aromatic nitrogens is 1. The Labute approximate surface area is 177 Å². The zero-order valence-corrected chi connectivity index (χ0v) is 18.1. The Morgan fingerprint density at radius 2 is 2.19 bits per heavy atom. The van der Waals surface area contributed by atoms with Crippen molar-refractivity contribution in [3.8, 4) is 0 Å². The van der Waals surface area contributed by atoms with Crippen molar-refractivity contribution in [2.24, 2.45) is 4.99 Å². The first kappa shape index (κ1) is 21.8. The second-order valence-electron chi connectivity index (χ2n) is 6.50. The summed E-state index contributed by atoms with van der Waals surface area (Å²) in [5, 5.41) is 6.12. The number of hydrogen-bond donors (Lipinski definition) is 2. The molecule has 1 amide bonds. The molecule has 1 atom stereocenters. The van der Waals surface area contributed by atoms with Gasteiger partial charge in [0.05, 0.1) is 25.1 Å². The van der Waals surface area contributed by atoms with Crippen LogP contribution in [0, 0.1) is 0 Å². The van der Waals surface area contributed by atoms with Gasteiger partial charge < -0.3 is 20.3 Å². The van der Waals surface area contributed by atoms with Gasteiger partial charge in [-0.3, -0.25) is 14.7 Å². The standard InChI is InChI=1S/C18H28N6O2.HI/c1-2-20-18(21-13-17(25)22-15-4-3-6-19-12-15)24-7-5-16(14-24)23-8-10-26-11-9-23;/h3-4,6,12,16H,2,5,7-11,13-14H2,1H3,(H,20,21)(H,22,25);1H. The van der Waals surface area contributed by atoms with Gasteiger partial charge in [0.2, 0.25) is 5.91 Å². The number of pyridine rings is 1. The predicted octanol–water partition coefficient (Wildman–Crippen LogP) is 1.01. The Hall–Kier alpha value is -1.46. The third-order valence-corrected chi connectivity index (χ3v) is 4.68. The zero-order chi connectivity index (χ0) is 18.2. The Morgan fingerprint density at radius 3 is 2.89 bits per heavy atom. The zero-order valence-electron chi connectivity index (χ0n) is 15.8. The Kier molecular flexibility index (Phi) is 9.22. The molecule has 0 spiro atoms. The first-order valence-electron chi connectivity index (χ1n) is 9.31. The maximum absolute atomic E-state index is 12.1. The number of hydrogen-bond acceptors (Lipinski definition) is 5. The minimum Gasteiger partial charge on any atom is -0.379 e. The molecule has 0 saturated carbocycles. The molecule has 3 heterocycles. The number of anilines is 1. The summed E-state index contributed by atoms with van der Waals surface area (Å²) in [6, 6.07) is 4.14. The minimum atomic E-state index is -0.141. The van der Waals surface area contributed by atoms with Gasteiger partial charge >= 0.3 is 0 Å². The first-order valence-corrected chi connectivity index (χ1v) is 9.31. The van der Waals surface area contributed by atoms with E-state index >= 15 is 0 Å². The number of carbonyl (C=O) groups excluding carboxylic acids is 1. The molecule has 150 valence electrons. The summed E-state index contributed by atoms with van der Waals surface area (Å²) in [7, 11) is 0. The fourth-order valence-electron chi connectivity index (χ4n) is 3.38. The highest BCUT2D eigenvalue weighted by atomic mass is 127. The number of rotatable bonds is 5. The second kappa shape index (κ2) is 11.4. The molecule has 1 aromatic rings. The van der Waals surface area contributed by atoms with Gasteiger partial charge in [-0.2, -0.15) is 0 Å². The number of aliphatic imine (C=N–C) groups is 1.